The molecule has 0 saturated carbocycles. The quantitative estimate of drug-likeness (QED) is 0.549. The van der Waals surface area contributed by atoms with E-state index < -0.39 is 0 Å². The van der Waals surface area contributed by atoms with Crippen LogP contribution in [0.1, 0.15) is 18.2 Å². The van der Waals surface area contributed by atoms with E-state index in [0.29, 0.717) is 0 Å². The summed E-state index contributed by atoms with van der Waals surface area (Å²) in [7, 11) is 2.51. The lowest BCUT2D eigenvalue weighted by atomic mass is 10.2. The van der Waals surface area contributed by atoms with E-state index in [4.69, 9.17) is 4.52 Å². The van der Waals surface area contributed by atoms with Crippen LogP contribution in [-0.2, 0) is 6.42 Å². The Labute approximate surface area is 56.8 Å². The van der Waals surface area contributed by atoms with E-state index in [2.05, 4.69) is 21.3 Å². The van der Waals surface area contributed by atoms with Crippen LogP contribution < -0.4 is 5.50 Å². The van der Waals surface area contributed by atoms with Crippen molar-refractivity contribution >= 4 is 14.7 Å². The molecule has 1 unspecified atom stereocenters. The summed E-state index contributed by atoms with van der Waals surface area (Å²) >= 11 is 0. The van der Waals surface area contributed by atoms with Gasteiger partial charge in [-0.2, -0.15) is 0 Å². The van der Waals surface area contributed by atoms with Crippen LogP contribution in [0.5, 0.6) is 0 Å². The van der Waals surface area contributed by atoms with Gasteiger partial charge in [-0.3, -0.25) is 0 Å². The number of nitrogens with zero attached hydrogens (tertiary/aromatic N) is 1. The molecule has 50 valence electrons. The molecule has 0 aliphatic heterocycles. The third-order valence-corrected chi connectivity index (χ3v) is 1.93. The van der Waals surface area contributed by atoms with Crippen LogP contribution in [0.15, 0.2) is 4.52 Å². The zero-order chi connectivity index (χ0) is 6.85. The molecule has 1 aromatic heterocycles. The van der Waals surface area contributed by atoms with Crippen LogP contribution in [-0.4, -0.2) is 5.16 Å². The Kier molecular flexibility index (Phi) is 1.87. The second-order valence-electron chi connectivity index (χ2n) is 1.97. The van der Waals surface area contributed by atoms with E-state index in [-0.39, 0.29) is 0 Å². The minimum Gasteiger partial charge on any atom is -0.357 e. The number of hydrogen-bond donors (Lipinski definition) is 0. The summed E-state index contributed by atoms with van der Waals surface area (Å²) < 4.78 is 4.90. The monoisotopic (exact) mass is 143 g/mol. The number of aryl methyl sites for hydroxylation is 1. The molecule has 1 rings (SSSR count). The lowest BCUT2D eigenvalue weighted by Gasteiger charge is -1.85. The Hall–Kier alpha value is -0.360. The summed E-state index contributed by atoms with van der Waals surface area (Å²) in [4.78, 5) is 0. The van der Waals surface area contributed by atoms with Crippen LogP contribution in [0.4, 0.5) is 0 Å². The van der Waals surface area contributed by atoms with Gasteiger partial charge in [0, 0.05) is 5.56 Å². The largest absolute Gasteiger partial charge is 0.357 e. The Bertz CT molecular complexity index is 207. The zero-order valence-electron chi connectivity index (χ0n) is 5.64. The summed E-state index contributed by atoms with van der Waals surface area (Å²) in [5.41, 5.74) is 3.06. The molecule has 0 radical (unpaired) electrons. The van der Waals surface area contributed by atoms with Crippen molar-refractivity contribution in [3.8, 4) is 0 Å². The van der Waals surface area contributed by atoms with Crippen molar-refractivity contribution in [1.82, 2.24) is 5.16 Å². The first-order chi connectivity index (χ1) is 4.25. The van der Waals surface area contributed by atoms with E-state index in [1.807, 2.05) is 6.92 Å². The summed E-state index contributed by atoms with van der Waals surface area (Å²) in [6.45, 7) is 4.08. The normalized spacial score (nSPS) is 10.1. The minimum absolute atomic E-state index is 0.854. The highest BCUT2D eigenvalue weighted by Crippen LogP contribution is 2.05. The van der Waals surface area contributed by atoms with Gasteiger partial charge in [-0.05, 0) is 13.3 Å². The van der Waals surface area contributed by atoms with Gasteiger partial charge in [-0.1, -0.05) is 21.3 Å². The van der Waals surface area contributed by atoms with E-state index in [1.54, 1.807) is 0 Å². The van der Waals surface area contributed by atoms with Gasteiger partial charge in [-0.25, -0.2) is 0 Å². The van der Waals surface area contributed by atoms with Gasteiger partial charge in [-0.15, -0.1) is 0 Å². The fourth-order valence-corrected chi connectivity index (χ4v) is 0.932. The van der Waals surface area contributed by atoms with E-state index in [1.165, 1.54) is 0 Å². The molecular formula is C6H10NOP. The van der Waals surface area contributed by atoms with Gasteiger partial charge in [0.05, 0.1) is 5.69 Å². The first-order valence-electron chi connectivity index (χ1n) is 2.96. The fraction of sp³-hybridized carbons (Fsp3) is 0.500. The lowest BCUT2D eigenvalue weighted by molar-refractivity contribution is 0.439. The number of rotatable bonds is 1. The molecule has 0 N–H and O–H groups in total. The molecule has 1 atom stereocenters. The maximum Gasteiger partial charge on any atom is 0.155 e. The van der Waals surface area contributed by atoms with E-state index >= 15 is 0 Å². The molecule has 0 bridgehead atoms. The molecule has 1 heterocycles. The molecule has 0 saturated heterocycles. The highest BCUT2D eigenvalue weighted by Gasteiger charge is 2.03. The summed E-state index contributed by atoms with van der Waals surface area (Å²) in [6, 6.07) is 0. The van der Waals surface area contributed by atoms with E-state index in [0.717, 1.165) is 23.2 Å². The molecule has 0 spiro atoms. The predicted molar refractivity (Wildman–Crippen MR) is 40.0 cm³/mol. The summed E-state index contributed by atoms with van der Waals surface area (Å²) in [5.74, 6) is 0. The fourth-order valence-electron chi connectivity index (χ4n) is 0.713. The van der Waals surface area contributed by atoms with Crippen LogP contribution in [0.3, 0.4) is 0 Å². The highest BCUT2D eigenvalue weighted by atomic mass is 31.0. The van der Waals surface area contributed by atoms with Crippen LogP contribution in [0.2, 0.25) is 0 Å². The Balaban J connectivity index is 3.04. The molecule has 0 aliphatic rings. The Morgan fingerprint density at radius 2 is 2.33 bits per heavy atom. The van der Waals surface area contributed by atoms with Gasteiger partial charge in [0.2, 0.25) is 0 Å². The lowest BCUT2D eigenvalue weighted by Crippen LogP contribution is -1.90. The van der Waals surface area contributed by atoms with Gasteiger partial charge in [0.25, 0.3) is 0 Å². The SMILES string of the molecule is CCc1noc(P)c1C. The third-order valence-electron chi connectivity index (χ3n) is 1.39. The van der Waals surface area contributed by atoms with Crippen LogP contribution in [0, 0.1) is 6.92 Å². The van der Waals surface area contributed by atoms with Crippen molar-refractivity contribution in [2.24, 2.45) is 0 Å². The molecule has 0 fully saturated rings. The molecular weight excluding hydrogens is 133 g/mol. The van der Waals surface area contributed by atoms with Crippen molar-refractivity contribution in [3.63, 3.8) is 0 Å². The van der Waals surface area contributed by atoms with Gasteiger partial charge >= 0.3 is 0 Å². The molecule has 0 amide bonds. The summed E-state index contributed by atoms with van der Waals surface area (Å²) in [5, 5.41) is 3.84. The van der Waals surface area contributed by atoms with Crippen molar-refractivity contribution in [2.45, 2.75) is 20.3 Å². The van der Waals surface area contributed by atoms with Crippen molar-refractivity contribution < 1.29 is 4.52 Å². The van der Waals surface area contributed by atoms with Crippen molar-refractivity contribution in [1.29, 1.82) is 0 Å². The number of aromatic nitrogens is 1. The Morgan fingerprint density at radius 1 is 1.67 bits per heavy atom. The van der Waals surface area contributed by atoms with Crippen LogP contribution in [0.25, 0.3) is 0 Å². The smallest absolute Gasteiger partial charge is 0.155 e. The van der Waals surface area contributed by atoms with E-state index in [9.17, 15) is 0 Å². The number of hydrogen-bond acceptors (Lipinski definition) is 2. The zero-order valence-corrected chi connectivity index (χ0v) is 6.79. The second-order valence-corrected chi connectivity index (χ2v) is 2.50. The molecule has 9 heavy (non-hydrogen) atoms. The van der Waals surface area contributed by atoms with Crippen molar-refractivity contribution in [2.75, 3.05) is 0 Å². The maximum absolute atomic E-state index is 4.90. The highest BCUT2D eigenvalue weighted by molar-refractivity contribution is 7.26. The first-order valence-corrected chi connectivity index (χ1v) is 3.54. The van der Waals surface area contributed by atoms with Gasteiger partial charge < -0.3 is 4.52 Å². The average Bonchev–Trinajstić information content (AvgIpc) is 2.15. The molecule has 0 aliphatic carbocycles. The van der Waals surface area contributed by atoms with Crippen molar-refractivity contribution in [3.05, 3.63) is 11.3 Å². The molecule has 2 nitrogen and oxygen atoms in total. The maximum atomic E-state index is 4.90. The molecule has 3 heteroatoms. The molecule has 0 aromatic carbocycles. The Morgan fingerprint density at radius 3 is 2.56 bits per heavy atom. The van der Waals surface area contributed by atoms with Gasteiger partial charge in [0.15, 0.2) is 5.50 Å². The van der Waals surface area contributed by atoms with Gasteiger partial charge in [0.1, 0.15) is 0 Å². The second kappa shape index (κ2) is 2.49. The topological polar surface area (TPSA) is 26.0 Å². The molecule has 1 aromatic rings. The standard InChI is InChI=1S/C6H10NOP/c1-3-5-4(2)6(9)8-7-5/h3,9H2,1-2H3. The first kappa shape index (κ1) is 6.76. The third kappa shape index (κ3) is 1.13. The van der Waals surface area contributed by atoms with Crippen LogP contribution >= 0.6 is 9.24 Å². The predicted octanol–water partition coefficient (Wildman–Crippen LogP) is 1.05. The minimum atomic E-state index is 0.854. The summed E-state index contributed by atoms with van der Waals surface area (Å²) in [6.07, 6.45) is 0.948. The average molecular weight is 143 g/mol.